The molecule has 0 aliphatic carbocycles. The molecule has 2 heterocycles. The zero-order valence-electron chi connectivity index (χ0n) is 10.4. The number of nitrogens with one attached hydrogen (secondary N) is 1. The topological polar surface area (TPSA) is 71.2 Å². The van der Waals surface area contributed by atoms with Crippen LogP contribution in [0.1, 0.15) is 19.4 Å². The Morgan fingerprint density at radius 3 is 2.88 bits per heavy atom. The number of nitrogens with two attached hydrogens (primary N) is 1. The first-order chi connectivity index (χ1) is 7.93. The Morgan fingerprint density at radius 1 is 1.53 bits per heavy atom. The summed E-state index contributed by atoms with van der Waals surface area (Å²) in [6, 6.07) is 1.93. The summed E-state index contributed by atoms with van der Waals surface area (Å²) in [5, 5.41) is 2.86. The highest BCUT2D eigenvalue weighted by Gasteiger charge is 2.38. The Hall–Kier alpha value is -1.78. The molecular weight excluding hydrogens is 216 g/mol. The highest BCUT2D eigenvalue weighted by Crippen LogP contribution is 2.26. The Labute approximate surface area is 101 Å². The largest absolute Gasteiger partial charge is 0.397 e. The first kappa shape index (κ1) is 11.7. The third kappa shape index (κ3) is 1.92. The molecule has 1 fully saturated rings. The molecule has 1 aromatic heterocycles. The standard InChI is InChI=1S/C12H18N4O/c1-8-6-10(15-7-9(8)13)16-5-4-14-11(17)12(16,2)3/h6-7H,4-5,13H2,1-3H3,(H,14,17). The van der Waals surface area contributed by atoms with Crippen molar-refractivity contribution >= 4 is 17.4 Å². The van der Waals surface area contributed by atoms with E-state index in [1.165, 1.54) is 0 Å². The van der Waals surface area contributed by atoms with Gasteiger partial charge in [-0.3, -0.25) is 4.79 Å². The number of carbonyl (C=O) groups is 1. The van der Waals surface area contributed by atoms with E-state index in [2.05, 4.69) is 10.3 Å². The van der Waals surface area contributed by atoms with Crippen LogP contribution in [0, 0.1) is 6.92 Å². The lowest BCUT2D eigenvalue weighted by Gasteiger charge is -2.42. The van der Waals surface area contributed by atoms with Crippen LogP contribution in [0.3, 0.4) is 0 Å². The molecule has 0 bridgehead atoms. The number of hydrogen-bond acceptors (Lipinski definition) is 4. The van der Waals surface area contributed by atoms with E-state index < -0.39 is 5.54 Å². The first-order valence-corrected chi connectivity index (χ1v) is 5.71. The van der Waals surface area contributed by atoms with Gasteiger partial charge in [0.2, 0.25) is 5.91 Å². The fourth-order valence-electron chi connectivity index (χ4n) is 2.00. The van der Waals surface area contributed by atoms with Gasteiger partial charge in [0.25, 0.3) is 0 Å². The number of rotatable bonds is 1. The van der Waals surface area contributed by atoms with Gasteiger partial charge < -0.3 is 16.0 Å². The van der Waals surface area contributed by atoms with Crippen molar-refractivity contribution in [3.05, 3.63) is 17.8 Å². The lowest BCUT2D eigenvalue weighted by molar-refractivity contribution is -0.126. The molecule has 1 aromatic rings. The third-order valence-electron chi connectivity index (χ3n) is 3.26. The molecule has 1 saturated heterocycles. The van der Waals surface area contributed by atoms with Crippen LogP contribution < -0.4 is 16.0 Å². The van der Waals surface area contributed by atoms with Crippen LogP contribution in [-0.4, -0.2) is 29.5 Å². The average Bonchev–Trinajstić information content (AvgIpc) is 2.26. The Morgan fingerprint density at radius 2 is 2.24 bits per heavy atom. The van der Waals surface area contributed by atoms with Crippen molar-refractivity contribution in [2.75, 3.05) is 23.7 Å². The maximum atomic E-state index is 11.8. The van der Waals surface area contributed by atoms with Crippen molar-refractivity contribution in [3.8, 4) is 0 Å². The van der Waals surface area contributed by atoms with Crippen LogP contribution >= 0.6 is 0 Å². The molecule has 0 unspecified atom stereocenters. The van der Waals surface area contributed by atoms with Gasteiger partial charge in [-0.2, -0.15) is 0 Å². The summed E-state index contributed by atoms with van der Waals surface area (Å²) >= 11 is 0. The zero-order valence-corrected chi connectivity index (χ0v) is 10.4. The van der Waals surface area contributed by atoms with Crippen LogP contribution in [0.2, 0.25) is 0 Å². The van der Waals surface area contributed by atoms with Crippen molar-refractivity contribution < 1.29 is 4.79 Å². The minimum atomic E-state index is -0.576. The van der Waals surface area contributed by atoms with Gasteiger partial charge >= 0.3 is 0 Å². The number of amides is 1. The van der Waals surface area contributed by atoms with Crippen LogP contribution in [-0.2, 0) is 4.79 Å². The predicted molar refractivity (Wildman–Crippen MR) is 67.8 cm³/mol. The molecule has 0 spiro atoms. The number of carbonyl (C=O) groups excluding carboxylic acids is 1. The van der Waals surface area contributed by atoms with Gasteiger partial charge in [0.1, 0.15) is 11.4 Å². The SMILES string of the molecule is Cc1cc(N2CCNC(=O)C2(C)C)ncc1N. The molecule has 5 nitrogen and oxygen atoms in total. The van der Waals surface area contributed by atoms with E-state index in [0.29, 0.717) is 12.2 Å². The lowest BCUT2D eigenvalue weighted by Crippen LogP contribution is -2.62. The first-order valence-electron chi connectivity index (χ1n) is 5.71. The van der Waals surface area contributed by atoms with Crippen LogP contribution in [0.15, 0.2) is 12.3 Å². The summed E-state index contributed by atoms with van der Waals surface area (Å²) in [6.45, 7) is 7.14. The fraction of sp³-hybridized carbons (Fsp3) is 0.500. The van der Waals surface area contributed by atoms with Crippen LogP contribution in [0.4, 0.5) is 11.5 Å². The molecule has 1 aliphatic rings. The highest BCUT2D eigenvalue weighted by atomic mass is 16.2. The van der Waals surface area contributed by atoms with Gasteiger partial charge in [0.15, 0.2) is 0 Å². The van der Waals surface area contributed by atoms with E-state index >= 15 is 0 Å². The molecule has 2 rings (SSSR count). The second-order valence-electron chi connectivity index (χ2n) is 4.87. The summed E-state index contributed by atoms with van der Waals surface area (Å²) in [5.74, 6) is 0.830. The van der Waals surface area contributed by atoms with E-state index in [4.69, 9.17) is 5.73 Å². The minimum Gasteiger partial charge on any atom is -0.397 e. The molecule has 1 amide bonds. The summed E-state index contributed by atoms with van der Waals surface area (Å²) in [4.78, 5) is 18.2. The van der Waals surface area contributed by atoms with Crippen molar-refractivity contribution in [2.45, 2.75) is 26.3 Å². The van der Waals surface area contributed by atoms with E-state index in [0.717, 1.165) is 17.9 Å². The third-order valence-corrected chi connectivity index (χ3v) is 3.26. The zero-order chi connectivity index (χ0) is 12.6. The maximum Gasteiger partial charge on any atom is 0.245 e. The molecule has 1 aliphatic heterocycles. The monoisotopic (exact) mass is 234 g/mol. The summed E-state index contributed by atoms with van der Waals surface area (Å²) in [6.07, 6.45) is 1.65. The van der Waals surface area contributed by atoms with E-state index in [1.807, 2.05) is 31.7 Å². The van der Waals surface area contributed by atoms with Gasteiger partial charge in [-0.1, -0.05) is 0 Å². The van der Waals surface area contributed by atoms with Gasteiger partial charge in [-0.05, 0) is 32.4 Å². The Kier molecular flexibility index (Phi) is 2.69. The van der Waals surface area contributed by atoms with Gasteiger partial charge in [-0.25, -0.2) is 4.98 Å². The second-order valence-corrected chi connectivity index (χ2v) is 4.87. The molecule has 0 aromatic carbocycles. The van der Waals surface area contributed by atoms with E-state index in [1.54, 1.807) is 6.20 Å². The smallest absolute Gasteiger partial charge is 0.245 e. The number of hydrogen-bond donors (Lipinski definition) is 2. The lowest BCUT2D eigenvalue weighted by atomic mass is 9.99. The maximum absolute atomic E-state index is 11.8. The molecule has 0 atom stereocenters. The normalized spacial score (nSPS) is 19.0. The number of pyridine rings is 1. The molecular formula is C12H18N4O. The van der Waals surface area contributed by atoms with Crippen LogP contribution in [0.25, 0.3) is 0 Å². The summed E-state index contributed by atoms with van der Waals surface area (Å²) in [5.41, 5.74) is 6.83. The van der Waals surface area contributed by atoms with E-state index in [9.17, 15) is 4.79 Å². The molecule has 0 radical (unpaired) electrons. The van der Waals surface area contributed by atoms with Crippen molar-refractivity contribution in [3.63, 3.8) is 0 Å². The Balaban J connectivity index is 2.38. The molecule has 0 saturated carbocycles. The minimum absolute atomic E-state index is 0.0278. The molecule has 3 N–H and O–H groups in total. The molecule has 5 heteroatoms. The number of aromatic nitrogens is 1. The Bertz CT molecular complexity index is 456. The van der Waals surface area contributed by atoms with Crippen molar-refractivity contribution in [2.24, 2.45) is 0 Å². The van der Waals surface area contributed by atoms with Gasteiger partial charge in [-0.15, -0.1) is 0 Å². The number of nitrogen functional groups attached to an aromatic ring is 1. The van der Waals surface area contributed by atoms with Gasteiger partial charge in [0, 0.05) is 13.1 Å². The summed E-state index contributed by atoms with van der Waals surface area (Å²) < 4.78 is 0. The second kappa shape index (κ2) is 3.91. The predicted octanol–water partition coefficient (Wildman–Crippen LogP) is 0.687. The van der Waals surface area contributed by atoms with E-state index in [-0.39, 0.29) is 5.91 Å². The molecule has 17 heavy (non-hydrogen) atoms. The number of piperazine rings is 1. The van der Waals surface area contributed by atoms with Crippen LogP contribution in [0.5, 0.6) is 0 Å². The van der Waals surface area contributed by atoms with Gasteiger partial charge in [0.05, 0.1) is 11.9 Å². The number of anilines is 2. The highest BCUT2D eigenvalue weighted by molar-refractivity contribution is 5.90. The van der Waals surface area contributed by atoms with Crippen molar-refractivity contribution in [1.82, 2.24) is 10.3 Å². The fourth-order valence-corrected chi connectivity index (χ4v) is 2.00. The molecule has 92 valence electrons. The summed E-state index contributed by atoms with van der Waals surface area (Å²) in [7, 11) is 0. The number of aryl methyl sites for hydroxylation is 1. The number of nitrogens with zero attached hydrogens (tertiary/aromatic N) is 2. The average molecular weight is 234 g/mol. The quantitative estimate of drug-likeness (QED) is 0.750. The van der Waals surface area contributed by atoms with Crippen molar-refractivity contribution in [1.29, 1.82) is 0 Å².